The van der Waals surface area contributed by atoms with Crippen LogP contribution in [0.2, 0.25) is 0 Å². The standard InChI is InChI=1S/C23H24F3NO5/c1-29-19-12-11-16(15-20(19)30-2)14-18(10-7-13-27)32-21(28)22(31-3,23(24,25)26)17-8-5-4-6-9-17/h4-6,8-9,11-12,15,18H,7,10,14H2,1-3H3/t18-,22?/m1/s1. The van der Waals surface area contributed by atoms with Gasteiger partial charge in [-0.2, -0.15) is 18.4 Å². The molecule has 2 aromatic rings. The number of nitrogens with zero attached hydrogens (tertiary/aromatic N) is 1. The Morgan fingerprint density at radius 2 is 1.69 bits per heavy atom. The molecule has 2 rings (SSSR count). The number of esters is 1. The molecule has 1 unspecified atom stereocenters. The van der Waals surface area contributed by atoms with E-state index in [1.165, 1.54) is 32.4 Å². The predicted molar refractivity (Wildman–Crippen MR) is 109 cm³/mol. The highest BCUT2D eigenvalue weighted by atomic mass is 19.4. The van der Waals surface area contributed by atoms with Gasteiger partial charge in [0.1, 0.15) is 6.10 Å². The number of benzene rings is 2. The maximum Gasteiger partial charge on any atom is 0.432 e. The van der Waals surface area contributed by atoms with Crippen molar-refractivity contribution < 1.29 is 36.9 Å². The first-order chi connectivity index (χ1) is 15.2. The summed E-state index contributed by atoms with van der Waals surface area (Å²) in [5, 5.41) is 8.95. The molecular formula is C23H24F3NO5. The molecule has 0 spiro atoms. The Balaban J connectivity index is 2.38. The molecule has 0 N–H and O–H groups in total. The third-order valence-corrected chi connectivity index (χ3v) is 4.94. The molecule has 0 aliphatic rings. The summed E-state index contributed by atoms with van der Waals surface area (Å²) in [4.78, 5) is 12.9. The van der Waals surface area contributed by atoms with Crippen LogP contribution in [0.25, 0.3) is 0 Å². The van der Waals surface area contributed by atoms with Gasteiger partial charge in [-0.25, -0.2) is 4.79 Å². The van der Waals surface area contributed by atoms with Gasteiger partial charge in [-0.15, -0.1) is 0 Å². The molecule has 0 heterocycles. The van der Waals surface area contributed by atoms with Gasteiger partial charge in [0.15, 0.2) is 11.5 Å². The molecule has 0 aliphatic heterocycles. The molecule has 0 saturated carbocycles. The van der Waals surface area contributed by atoms with E-state index in [1.807, 2.05) is 6.07 Å². The maximum absolute atomic E-state index is 14.1. The second-order valence-corrected chi connectivity index (χ2v) is 6.87. The number of carbonyl (C=O) groups excluding carboxylic acids is 1. The molecule has 6 nitrogen and oxygen atoms in total. The van der Waals surface area contributed by atoms with Crippen molar-refractivity contribution in [1.29, 1.82) is 5.26 Å². The normalized spacial score (nSPS) is 14.0. The van der Waals surface area contributed by atoms with Crippen LogP contribution in [-0.4, -0.2) is 39.6 Å². The highest BCUT2D eigenvalue weighted by Gasteiger charge is 2.64. The molecule has 0 aliphatic carbocycles. The third-order valence-electron chi connectivity index (χ3n) is 4.94. The number of halogens is 3. The fourth-order valence-corrected chi connectivity index (χ4v) is 3.32. The fraction of sp³-hybridized carbons (Fsp3) is 0.391. The number of nitriles is 1. The third kappa shape index (κ3) is 5.32. The van der Waals surface area contributed by atoms with Crippen LogP contribution >= 0.6 is 0 Å². The van der Waals surface area contributed by atoms with E-state index in [0.717, 1.165) is 19.2 Å². The minimum atomic E-state index is -5.08. The van der Waals surface area contributed by atoms with Crippen LogP contribution in [0.5, 0.6) is 11.5 Å². The van der Waals surface area contributed by atoms with Crippen LogP contribution in [0.1, 0.15) is 24.0 Å². The second-order valence-electron chi connectivity index (χ2n) is 6.87. The zero-order valence-electron chi connectivity index (χ0n) is 17.9. The molecular weight excluding hydrogens is 427 g/mol. The minimum absolute atomic E-state index is 0.0113. The Kier molecular flexibility index (Phi) is 8.49. The molecule has 0 radical (unpaired) electrons. The van der Waals surface area contributed by atoms with Crippen molar-refractivity contribution in [3.8, 4) is 17.6 Å². The number of hydrogen-bond acceptors (Lipinski definition) is 6. The van der Waals surface area contributed by atoms with Crippen molar-refractivity contribution in [2.24, 2.45) is 0 Å². The van der Waals surface area contributed by atoms with E-state index in [-0.39, 0.29) is 19.3 Å². The summed E-state index contributed by atoms with van der Waals surface area (Å²) in [6, 6.07) is 13.4. The van der Waals surface area contributed by atoms with Crippen LogP contribution in [-0.2, 0) is 26.3 Å². The first-order valence-electron chi connectivity index (χ1n) is 9.69. The van der Waals surface area contributed by atoms with Gasteiger partial charge in [-0.3, -0.25) is 0 Å². The van der Waals surface area contributed by atoms with E-state index in [4.69, 9.17) is 24.2 Å². The van der Waals surface area contributed by atoms with Crippen molar-refractivity contribution in [3.63, 3.8) is 0 Å². The van der Waals surface area contributed by atoms with Gasteiger partial charge >= 0.3 is 12.1 Å². The molecule has 2 atom stereocenters. The first-order valence-corrected chi connectivity index (χ1v) is 9.69. The summed E-state index contributed by atoms with van der Waals surface area (Å²) in [6.45, 7) is 0. The minimum Gasteiger partial charge on any atom is -0.493 e. The summed E-state index contributed by atoms with van der Waals surface area (Å²) in [7, 11) is 3.73. The molecule has 0 fully saturated rings. The molecule has 0 bridgehead atoms. The summed E-state index contributed by atoms with van der Waals surface area (Å²) in [5.41, 5.74) is -3.06. The highest BCUT2D eigenvalue weighted by molar-refractivity contribution is 5.82. The Bertz CT molecular complexity index is 943. The highest BCUT2D eigenvalue weighted by Crippen LogP contribution is 2.43. The van der Waals surface area contributed by atoms with Crippen LogP contribution < -0.4 is 9.47 Å². The average molecular weight is 451 g/mol. The lowest BCUT2D eigenvalue weighted by atomic mass is 9.92. The number of carbonyl (C=O) groups is 1. The summed E-state index contributed by atoms with van der Waals surface area (Å²) in [6.07, 6.45) is -5.98. The SMILES string of the molecule is COc1ccc(C[C@@H](CCC#N)OC(=O)C(OC)(c2ccccc2)C(F)(F)F)cc1OC. The number of methoxy groups -OCH3 is 3. The number of alkyl halides is 3. The van der Waals surface area contributed by atoms with Crippen molar-refractivity contribution >= 4 is 5.97 Å². The molecule has 0 amide bonds. The Labute approximate surface area is 184 Å². The topological polar surface area (TPSA) is 77.8 Å². The van der Waals surface area contributed by atoms with E-state index in [0.29, 0.717) is 17.1 Å². The molecule has 9 heteroatoms. The predicted octanol–water partition coefficient (Wildman–Crippen LogP) is 4.57. The van der Waals surface area contributed by atoms with E-state index < -0.39 is 29.4 Å². The van der Waals surface area contributed by atoms with Gasteiger partial charge in [0.25, 0.3) is 5.60 Å². The van der Waals surface area contributed by atoms with E-state index in [1.54, 1.807) is 18.2 Å². The van der Waals surface area contributed by atoms with Gasteiger partial charge in [-0.05, 0) is 24.1 Å². The lowest BCUT2D eigenvalue weighted by Gasteiger charge is -2.33. The Morgan fingerprint density at radius 1 is 1.03 bits per heavy atom. The van der Waals surface area contributed by atoms with Gasteiger partial charge in [-0.1, -0.05) is 36.4 Å². The lowest BCUT2D eigenvalue weighted by Crippen LogP contribution is -2.52. The summed E-state index contributed by atoms with van der Waals surface area (Å²) >= 11 is 0. The molecule has 32 heavy (non-hydrogen) atoms. The summed E-state index contributed by atoms with van der Waals surface area (Å²) in [5.74, 6) is -0.704. The van der Waals surface area contributed by atoms with Crippen molar-refractivity contribution in [2.45, 2.75) is 37.1 Å². The lowest BCUT2D eigenvalue weighted by molar-refractivity contribution is -0.278. The Hall–Kier alpha value is -3.25. The smallest absolute Gasteiger partial charge is 0.432 e. The van der Waals surface area contributed by atoms with Crippen molar-refractivity contribution in [1.82, 2.24) is 0 Å². The van der Waals surface area contributed by atoms with Crippen LogP contribution in [0, 0.1) is 11.3 Å². The first kappa shape index (κ1) is 25.0. The van der Waals surface area contributed by atoms with Gasteiger partial charge < -0.3 is 18.9 Å². The molecule has 2 aromatic carbocycles. The second kappa shape index (κ2) is 10.9. The van der Waals surface area contributed by atoms with Gasteiger partial charge in [0, 0.05) is 25.5 Å². The quantitative estimate of drug-likeness (QED) is 0.493. The molecule has 0 aromatic heterocycles. The average Bonchev–Trinajstić information content (AvgIpc) is 2.78. The summed E-state index contributed by atoms with van der Waals surface area (Å²) < 4.78 is 62.8. The van der Waals surface area contributed by atoms with Crippen molar-refractivity contribution in [2.75, 3.05) is 21.3 Å². The van der Waals surface area contributed by atoms with Gasteiger partial charge in [0.2, 0.25) is 0 Å². The number of ether oxygens (including phenoxy) is 4. The van der Waals surface area contributed by atoms with Crippen LogP contribution in [0.3, 0.4) is 0 Å². The molecule has 0 saturated heterocycles. The van der Waals surface area contributed by atoms with Crippen molar-refractivity contribution in [3.05, 3.63) is 59.7 Å². The maximum atomic E-state index is 14.1. The van der Waals surface area contributed by atoms with Crippen LogP contribution in [0.15, 0.2) is 48.5 Å². The fourth-order valence-electron chi connectivity index (χ4n) is 3.32. The zero-order valence-corrected chi connectivity index (χ0v) is 17.9. The van der Waals surface area contributed by atoms with E-state index >= 15 is 0 Å². The van der Waals surface area contributed by atoms with E-state index in [2.05, 4.69) is 0 Å². The Morgan fingerprint density at radius 3 is 2.22 bits per heavy atom. The van der Waals surface area contributed by atoms with E-state index in [9.17, 15) is 18.0 Å². The van der Waals surface area contributed by atoms with Crippen LogP contribution in [0.4, 0.5) is 13.2 Å². The van der Waals surface area contributed by atoms with Gasteiger partial charge in [0.05, 0.1) is 20.3 Å². The number of rotatable bonds is 10. The number of hydrogen-bond donors (Lipinski definition) is 0. The zero-order chi connectivity index (χ0) is 23.8. The largest absolute Gasteiger partial charge is 0.493 e. The molecule has 172 valence electrons. The monoisotopic (exact) mass is 451 g/mol.